The Labute approximate surface area is 118 Å². The first kappa shape index (κ1) is 14.4. The Bertz CT molecular complexity index is 437. The smallest absolute Gasteiger partial charge is 0.184 e. The number of carbonyl (C=O) groups excluding carboxylic acids is 1. The molecule has 1 aliphatic rings. The van der Waals surface area contributed by atoms with E-state index < -0.39 is 0 Å². The molecule has 0 aliphatic carbocycles. The minimum absolute atomic E-state index is 0.167. The number of methoxy groups -OCH3 is 1. The molecule has 1 saturated heterocycles. The lowest BCUT2D eigenvalue weighted by molar-refractivity contribution is 0.0943. The van der Waals surface area contributed by atoms with Crippen molar-refractivity contribution in [3.05, 3.63) is 11.9 Å². The Morgan fingerprint density at radius 1 is 1.53 bits per heavy atom. The van der Waals surface area contributed by atoms with Gasteiger partial charge in [0.15, 0.2) is 11.5 Å². The summed E-state index contributed by atoms with van der Waals surface area (Å²) in [6.07, 6.45) is 4.56. The van der Waals surface area contributed by atoms with Gasteiger partial charge in [0.2, 0.25) is 0 Å². The zero-order valence-corrected chi connectivity index (χ0v) is 12.7. The standard InChI is InChI=1S/C14H22N2O2S/c1-10(2)16-14(13(18-3)9-15-16)12(17)8-11-4-6-19-7-5-11/h9-11H,4-8H2,1-3H3. The van der Waals surface area contributed by atoms with Crippen molar-refractivity contribution in [1.29, 1.82) is 0 Å². The van der Waals surface area contributed by atoms with Crippen LogP contribution in [-0.2, 0) is 0 Å². The molecule has 1 aromatic heterocycles. The third-order valence-electron chi connectivity index (χ3n) is 3.55. The first-order valence-electron chi connectivity index (χ1n) is 6.86. The maximum absolute atomic E-state index is 12.5. The molecule has 0 N–H and O–H groups in total. The van der Waals surface area contributed by atoms with Crippen LogP contribution in [0.1, 0.15) is 49.6 Å². The minimum Gasteiger partial charge on any atom is -0.493 e. The summed E-state index contributed by atoms with van der Waals surface area (Å²) in [5.74, 6) is 3.65. The van der Waals surface area contributed by atoms with Crippen LogP contribution < -0.4 is 4.74 Å². The summed E-state index contributed by atoms with van der Waals surface area (Å²) >= 11 is 1.99. The van der Waals surface area contributed by atoms with Gasteiger partial charge < -0.3 is 4.74 Å². The fraction of sp³-hybridized carbons (Fsp3) is 0.714. The predicted octanol–water partition coefficient (Wildman–Crippen LogP) is 3.19. The zero-order valence-electron chi connectivity index (χ0n) is 11.9. The fourth-order valence-corrected chi connectivity index (χ4v) is 3.67. The van der Waals surface area contributed by atoms with Crippen molar-refractivity contribution in [2.45, 2.75) is 39.2 Å². The number of hydrogen-bond acceptors (Lipinski definition) is 4. The molecule has 106 valence electrons. The summed E-state index contributed by atoms with van der Waals surface area (Å²) < 4.78 is 7.05. The lowest BCUT2D eigenvalue weighted by atomic mass is 9.95. The van der Waals surface area contributed by atoms with Gasteiger partial charge in [-0.25, -0.2) is 0 Å². The van der Waals surface area contributed by atoms with E-state index in [1.807, 2.05) is 25.6 Å². The quantitative estimate of drug-likeness (QED) is 0.778. The van der Waals surface area contributed by atoms with E-state index in [9.17, 15) is 4.79 Å². The molecule has 1 fully saturated rings. The molecule has 0 amide bonds. The molecule has 1 aromatic rings. The average Bonchev–Trinajstić information content (AvgIpc) is 2.83. The van der Waals surface area contributed by atoms with Crippen molar-refractivity contribution in [2.24, 2.45) is 5.92 Å². The van der Waals surface area contributed by atoms with Gasteiger partial charge in [0.05, 0.1) is 13.3 Å². The topological polar surface area (TPSA) is 44.1 Å². The van der Waals surface area contributed by atoms with Crippen LogP contribution in [0.5, 0.6) is 5.75 Å². The first-order chi connectivity index (χ1) is 9.13. The Balaban J connectivity index is 2.14. The molecule has 2 heterocycles. The maximum Gasteiger partial charge on any atom is 0.184 e. The van der Waals surface area contributed by atoms with E-state index in [1.54, 1.807) is 18.0 Å². The fourth-order valence-electron chi connectivity index (χ4n) is 2.46. The van der Waals surface area contributed by atoms with Crippen molar-refractivity contribution in [2.75, 3.05) is 18.6 Å². The van der Waals surface area contributed by atoms with Crippen LogP contribution in [0, 0.1) is 5.92 Å². The van der Waals surface area contributed by atoms with Gasteiger partial charge in [-0.1, -0.05) is 0 Å². The minimum atomic E-state index is 0.167. The number of rotatable bonds is 5. The number of ketones is 1. The van der Waals surface area contributed by atoms with Gasteiger partial charge in [-0.3, -0.25) is 9.48 Å². The molecule has 19 heavy (non-hydrogen) atoms. The number of aromatic nitrogens is 2. The molecule has 0 unspecified atom stereocenters. The maximum atomic E-state index is 12.5. The second-order valence-electron chi connectivity index (χ2n) is 5.28. The molecular weight excluding hydrogens is 260 g/mol. The Kier molecular flexibility index (Phi) is 4.91. The van der Waals surface area contributed by atoms with Crippen molar-refractivity contribution >= 4 is 17.5 Å². The normalized spacial score (nSPS) is 16.8. The molecule has 5 heteroatoms. The molecule has 0 atom stereocenters. The van der Waals surface area contributed by atoms with E-state index in [0.29, 0.717) is 23.8 Å². The van der Waals surface area contributed by atoms with Gasteiger partial charge in [0.25, 0.3) is 0 Å². The summed E-state index contributed by atoms with van der Waals surface area (Å²) in [5, 5.41) is 4.27. The molecule has 0 bridgehead atoms. The van der Waals surface area contributed by atoms with Crippen LogP contribution in [0.25, 0.3) is 0 Å². The van der Waals surface area contributed by atoms with Crippen molar-refractivity contribution < 1.29 is 9.53 Å². The number of carbonyl (C=O) groups is 1. The zero-order chi connectivity index (χ0) is 13.8. The molecule has 0 radical (unpaired) electrons. The summed E-state index contributed by atoms with van der Waals surface area (Å²) in [6.45, 7) is 4.06. The summed E-state index contributed by atoms with van der Waals surface area (Å²) in [6, 6.07) is 0.171. The highest BCUT2D eigenvalue weighted by Crippen LogP contribution is 2.29. The molecule has 0 saturated carbocycles. The van der Waals surface area contributed by atoms with E-state index in [4.69, 9.17) is 4.74 Å². The third-order valence-corrected chi connectivity index (χ3v) is 4.60. The van der Waals surface area contributed by atoms with Crippen molar-refractivity contribution in [3.8, 4) is 5.75 Å². The highest BCUT2D eigenvalue weighted by atomic mass is 32.2. The van der Waals surface area contributed by atoms with Gasteiger partial charge in [0.1, 0.15) is 5.69 Å². The van der Waals surface area contributed by atoms with E-state index in [1.165, 1.54) is 11.5 Å². The average molecular weight is 282 g/mol. The Hall–Kier alpha value is -0.970. The highest BCUT2D eigenvalue weighted by Gasteiger charge is 2.24. The summed E-state index contributed by atoms with van der Waals surface area (Å²) in [7, 11) is 1.59. The number of hydrogen-bond donors (Lipinski definition) is 0. The summed E-state index contributed by atoms with van der Waals surface area (Å²) in [5.41, 5.74) is 0.635. The van der Waals surface area contributed by atoms with Crippen LogP contribution in [0.15, 0.2) is 6.20 Å². The van der Waals surface area contributed by atoms with E-state index in [-0.39, 0.29) is 11.8 Å². The van der Waals surface area contributed by atoms with Crippen molar-refractivity contribution in [1.82, 2.24) is 9.78 Å². The lowest BCUT2D eigenvalue weighted by Crippen LogP contribution is -2.18. The molecule has 2 rings (SSSR count). The molecule has 1 aliphatic heterocycles. The second kappa shape index (κ2) is 6.46. The van der Waals surface area contributed by atoms with Gasteiger partial charge in [-0.05, 0) is 44.1 Å². The van der Waals surface area contributed by atoms with Crippen LogP contribution in [0.2, 0.25) is 0 Å². The number of ether oxygens (including phenoxy) is 1. The summed E-state index contributed by atoms with van der Waals surface area (Å²) in [4.78, 5) is 12.5. The number of thioether (sulfide) groups is 1. The van der Waals surface area contributed by atoms with E-state index in [0.717, 1.165) is 12.8 Å². The number of nitrogens with zero attached hydrogens (tertiary/aromatic N) is 2. The Morgan fingerprint density at radius 2 is 2.21 bits per heavy atom. The SMILES string of the molecule is COc1cnn(C(C)C)c1C(=O)CC1CCSCC1. The monoisotopic (exact) mass is 282 g/mol. The second-order valence-corrected chi connectivity index (χ2v) is 6.51. The van der Waals surface area contributed by atoms with Gasteiger partial charge in [0, 0.05) is 12.5 Å². The number of Topliss-reactive ketones (excluding diaryl/α,β-unsaturated/α-hetero) is 1. The van der Waals surface area contributed by atoms with E-state index in [2.05, 4.69) is 5.10 Å². The Morgan fingerprint density at radius 3 is 2.79 bits per heavy atom. The van der Waals surface area contributed by atoms with E-state index >= 15 is 0 Å². The highest BCUT2D eigenvalue weighted by molar-refractivity contribution is 7.99. The lowest BCUT2D eigenvalue weighted by Gasteiger charge is -2.21. The van der Waals surface area contributed by atoms with Crippen LogP contribution >= 0.6 is 11.8 Å². The van der Waals surface area contributed by atoms with Crippen LogP contribution in [0.4, 0.5) is 0 Å². The molecule has 0 spiro atoms. The van der Waals surface area contributed by atoms with Crippen LogP contribution in [-0.4, -0.2) is 34.2 Å². The molecule has 4 nitrogen and oxygen atoms in total. The predicted molar refractivity (Wildman–Crippen MR) is 78.2 cm³/mol. The van der Waals surface area contributed by atoms with Gasteiger partial charge in [-0.15, -0.1) is 0 Å². The van der Waals surface area contributed by atoms with Crippen molar-refractivity contribution in [3.63, 3.8) is 0 Å². The molecular formula is C14H22N2O2S. The molecule has 0 aromatic carbocycles. The van der Waals surface area contributed by atoms with Crippen LogP contribution in [0.3, 0.4) is 0 Å². The van der Waals surface area contributed by atoms with Gasteiger partial charge in [-0.2, -0.15) is 16.9 Å². The van der Waals surface area contributed by atoms with Gasteiger partial charge >= 0.3 is 0 Å². The third kappa shape index (κ3) is 3.32. The largest absolute Gasteiger partial charge is 0.493 e. The first-order valence-corrected chi connectivity index (χ1v) is 8.01.